The summed E-state index contributed by atoms with van der Waals surface area (Å²) < 4.78 is 11.0. The van der Waals surface area contributed by atoms with Gasteiger partial charge in [0.05, 0.1) is 24.4 Å². The fourth-order valence-corrected chi connectivity index (χ4v) is 2.02. The molecule has 0 heterocycles. The van der Waals surface area contributed by atoms with Crippen molar-refractivity contribution in [2.75, 3.05) is 13.2 Å². The van der Waals surface area contributed by atoms with Crippen molar-refractivity contribution in [1.29, 1.82) is 0 Å². The summed E-state index contributed by atoms with van der Waals surface area (Å²) in [7, 11) is 0. The first kappa shape index (κ1) is 13.4. The van der Waals surface area contributed by atoms with Crippen molar-refractivity contribution in [3.05, 3.63) is 0 Å². The van der Waals surface area contributed by atoms with Gasteiger partial charge in [0, 0.05) is 13.0 Å². The van der Waals surface area contributed by atoms with Crippen LogP contribution >= 0.6 is 0 Å². The Balaban J connectivity index is 2.33. The van der Waals surface area contributed by atoms with Crippen molar-refractivity contribution in [3.63, 3.8) is 0 Å². The minimum atomic E-state index is -0.879. The first-order valence-corrected chi connectivity index (χ1v) is 5.80. The molecule has 4 N–H and O–H groups in total. The van der Waals surface area contributed by atoms with E-state index in [4.69, 9.17) is 20.9 Å². The minimum Gasteiger partial charge on any atom is -0.379 e. The quantitative estimate of drug-likeness (QED) is 0.680. The summed E-state index contributed by atoms with van der Waals surface area (Å²) >= 11 is 0. The fraction of sp³-hybridized carbons (Fsp3) is 0.909. The number of hydrogen-bond donors (Lipinski definition) is 2. The third-order valence-corrected chi connectivity index (χ3v) is 2.98. The molecular weight excluding hydrogens is 208 g/mol. The zero-order valence-electron chi connectivity index (χ0n) is 10.1. The maximum atomic E-state index is 11.1. The Morgan fingerprint density at radius 2 is 2.31 bits per heavy atom. The third kappa shape index (κ3) is 3.43. The van der Waals surface area contributed by atoms with E-state index in [2.05, 4.69) is 0 Å². The molecule has 5 heteroatoms. The number of nitrogens with two attached hydrogens (primary N) is 2. The van der Waals surface area contributed by atoms with E-state index in [-0.39, 0.29) is 12.2 Å². The molecular formula is C11H22N2O3. The van der Waals surface area contributed by atoms with Gasteiger partial charge in [-0.15, -0.1) is 0 Å². The lowest BCUT2D eigenvalue weighted by Gasteiger charge is -2.21. The Labute approximate surface area is 96.5 Å². The second-order valence-corrected chi connectivity index (χ2v) is 4.49. The summed E-state index contributed by atoms with van der Waals surface area (Å²) in [6.07, 6.45) is 1.96. The normalized spacial score (nSPS) is 31.6. The molecule has 1 saturated carbocycles. The lowest BCUT2D eigenvalue weighted by Crippen LogP contribution is -2.50. The van der Waals surface area contributed by atoms with Gasteiger partial charge in [-0.3, -0.25) is 4.79 Å². The summed E-state index contributed by atoms with van der Waals surface area (Å²) in [5.74, 6) is -0.434. The monoisotopic (exact) mass is 230 g/mol. The van der Waals surface area contributed by atoms with Gasteiger partial charge in [-0.1, -0.05) is 0 Å². The molecule has 1 rings (SSSR count). The molecule has 0 spiro atoms. The van der Waals surface area contributed by atoms with E-state index in [0.717, 1.165) is 6.42 Å². The van der Waals surface area contributed by atoms with Crippen LogP contribution in [0.25, 0.3) is 0 Å². The molecule has 1 fully saturated rings. The third-order valence-electron chi connectivity index (χ3n) is 2.98. The largest absolute Gasteiger partial charge is 0.379 e. The molecule has 1 aliphatic carbocycles. The van der Waals surface area contributed by atoms with Gasteiger partial charge >= 0.3 is 0 Å². The summed E-state index contributed by atoms with van der Waals surface area (Å²) in [6, 6.07) is 0. The Morgan fingerprint density at radius 3 is 2.81 bits per heavy atom. The molecule has 16 heavy (non-hydrogen) atoms. The van der Waals surface area contributed by atoms with Crippen molar-refractivity contribution in [2.24, 2.45) is 11.5 Å². The van der Waals surface area contributed by atoms with Crippen molar-refractivity contribution < 1.29 is 14.3 Å². The van der Waals surface area contributed by atoms with Gasteiger partial charge in [0.2, 0.25) is 5.91 Å². The molecule has 3 unspecified atom stereocenters. The highest BCUT2D eigenvalue weighted by Gasteiger charge is 2.41. The molecule has 0 aromatic heterocycles. The Hall–Kier alpha value is -0.650. The molecule has 5 nitrogen and oxygen atoms in total. The highest BCUT2D eigenvalue weighted by molar-refractivity contribution is 5.84. The number of amides is 1. The summed E-state index contributed by atoms with van der Waals surface area (Å²) in [4.78, 5) is 11.1. The molecule has 0 aromatic rings. The van der Waals surface area contributed by atoms with Crippen LogP contribution in [0.4, 0.5) is 0 Å². The molecule has 0 saturated heterocycles. The van der Waals surface area contributed by atoms with Crippen LogP contribution in [0.15, 0.2) is 0 Å². The Morgan fingerprint density at radius 1 is 1.62 bits per heavy atom. The van der Waals surface area contributed by atoms with E-state index in [1.165, 1.54) is 0 Å². The zero-order chi connectivity index (χ0) is 12.2. The van der Waals surface area contributed by atoms with E-state index >= 15 is 0 Å². The van der Waals surface area contributed by atoms with E-state index < -0.39 is 11.4 Å². The van der Waals surface area contributed by atoms with Gasteiger partial charge in [0.25, 0.3) is 0 Å². The molecule has 0 aromatic carbocycles. The van der Waals surface area contributed by atoms with Crippen LogP contribution in [0.3, 0.4) is 0 Å². The van der Waals surface area contributed by atoms with Gasteiger partial charge in [0.15, 0.2) is 0 Å². The van der Waals surface area contributed by atoms with E-state index in [1.54, 1.807) is 0 Å². The second kappa shape index (κ2) is 5.61. The molecule has 1 aliphatic rings. The predicted octanol–water partition coefficient (Wildman–Crippen LogP) is 0.163. The fourth-order valence-electron chi connectivity index (χ4n) is 2.02. The Bertz CT molecular complexity index is 247. The molecule has 0 bridgehead atoms. The minimum absolute atomic E-state index is 0.0213. The van der Waals surface area contributed by atoms with Crippen LogP contribution in [0.2, 0.25) is 0 Å². The van der Waals surface area contributed by atoms with Crippen molar-refractivity contribution in [2.45, 2.75) is 50.9 Å². The van der Waals surface area contributed by atoms with Gasteiger partial charge in [-0.05, 0) is 26.7 Å². The smallest absolute Gasteiger partial charge is 0.237 e. The van der Waals surface area contributed by atoms with Crippen LogP contribution in [0.1, 0.15) is 33.1 Å². The first-order chi connectivity index (χ1) is 7.48. The number of carbonyl (C=O) groups is 1. The number of rotatable bonds is 6. The van der Waals surface area contributed by atoms with Crippen molar-refractivity contribution >= 4 is 5.91 Å². The average molecular weight is 230 g/mol. The van der Waals surface area contributed by atoms with Gasteiger partial charge in [0.1, 0.15) is 0 Å². The second-order valence-electron chi connectivity index (χ2n) is 4.49. The first-order valence-electron chi connectivity index (χ1n) is 5.80. The molecule has 0 radical (unpaired) electrons. The van der Waals surface area contributed by atoms with Crippen LogP contribution in [-0.4, -0.2) is 36.9 Å². The van der Waals surface area contributed by atoms with Crippen molar-refractivity contribution in [3.8, 4) is 0 Å². The van der Waals surface area contributed by atoms with Gasteiger partial charge in [-0.2, -0.15) is 0 Å². The summed E-state index contributed by atoms with van der Waals surface area (Å²) in [6.45, 7) is 5.15. The lowest BCUT2D eigenvalue weighted by atomic mass is 9.99. The maximum absolute atomic E-state index is 11.1. The van der Waals surface area contributed by atoms with Crippen LogP contribution in [0, 0.1) is 0 Å². The number of primary amides is 1. The standard InChI is InChI=1S/C11H22N2O3/c1-3-15-7-8(2)16-9-4-5-11(13,6-9)10(12)14/h8-9H,3-7,13H2,1-2H3,(H2,12,14). The van der Waals surface area contributed by atoms with Gasteiger partial charge < -0.3 is 20.9 Å². The van der Waals surface area contributed by atoms with Crippen LogP contribution in [-0.2, 0) is 14.3 Å². The van der Waals surface area contributed by atoms with Crippen molar-refractivity contribution in [1.82, 2.24) is 0 Å². The highest BCUT2D eigenvalue weighted by Crippen LogP contribution is 2.30. The number of ether oxygens (including phenoxy) is 2. The molecule has 1 amide bonds. The van der Waals surface area contributed by atoms with Gasteiger partial charge in [-0.25, -0.2) is 0 Å². The van der Waals surface area contributed by atoms with Crippen LogP contribution in [0.5, 0.6) is 0 Å². The summed E-state index contributed by atoms with van der Waals surface area (Å²) in [5.41, 5.74) is 10.3. The van der Waals surface area contributed by atoms with E-state index in [1.807, 2.05) is 13.8 Å². The molecule has 0 aliphatic heterocycles. The summed E-state index contributed by atoms with van der Waals surface area (Å²) in [5, 5.41) is 0. The topological polar surface area (TPSA) is 87.6 Å². The lowest BCUT2D eigenvalue weighted by molar-refractivity contribution is -0.123. The van der Waals surface area contributed by atoms with E-state index in [0.29, 0.717) is 26.1 Å². The average Bonchev–Trinajstić information content (AvgIpc) is 2.58. The zero-order valence-corrected chi connectivity index (χ0v) is 10.1. The maximum Gasteiger partial charge on any atom is 0.237 e. The Kier molecular flexibility index (Phi) is 4.70. The highest BCUT2D eigenvalue weighted by atomic mass is 16.5. The SMILES string of the molecule is CCOCC(C)OC1CCC(N)(C(N)=O)C1. The van der Waals surface area contributed by atoms with Crippen LogP contribution < -0.4 is 11.5 Å². The predicted molar refractivity (Wildman–Crippen MR) is 60.8 cm³/mol. The molecule has 94 valence electrons. The molecule has 3 atom stereocenters. The number of carbonyl (C=O) groups excluding carboxylic acids is 1. The number of hydrogen-bond acceptors (Lipinski definition) is 4. The van der Waals surface area contributed by atoms with E-state index in [9.17, 15) is 4.79 Å².